The second kappa shape index (κ2) is 5.83. The largest absolute Gasteiger partial charge is 0.453 e. The van der Waals surface area contributed by atoms with Crippen LogP contribution in [0.2, 0.25) is 0 Å². The molecule has 1 unspecified atom stereocenters. The quantitative estimate of drug-likeness (QED) is 0.808. The van der Waals surface area contributed by atoms with E-state index >= 15 is 0 Å². The van der Waals surface area contributed by atoms with Crippen molar-refractivity contribution in [2.45, 2.75) is 39.3 Å². The van der Waals surface area contributed by atoms with Crippen LogP contribution >= 0.6 is 0 Å². The van der Waals surface area contributed by atoms with Crippen molar-refractivity contribution in [1.29, 1.82) is 0 Å². The highest BCUT2D eigenvalue weighted by atomic mass is 16.6. The molecule has 0 fully saturated rings. The average Bonchev–Trinajstić information content (AvgIpc) is 2.86. The van der Waals surface area contributed by atoms with Gasteiger partial charge in [0, 0.05) is 12.4 Å². The molecule has 5 heteroatoms. The van der Waals surface area contributed by atoms with Crippen LogP contribution in [0.4, 0.5) is 4.79 Å². The maximum absolute atomic E-state index is 12.5. The van der Waals surface area contributed by atoms with Crippen LogP contribution in [-0.2, 0) is 4.74 Å². The van der Waals surface area contributed by atoms with Gasteiger partial charge in [0.25, 0.3) is 0 Å². The molecule has 1 aromatic heterocycles. The summed E-state index contributed by atoms with van der Waals surface area (Å²) in [6.07, 6.45) is -0.538. The normalized spacial score (nSPS) is 13.0. The lowest BCUT2D eigenvalue weighted by Crippen LogP contribution is -2.43. The Bertz CT molecular complexity index is 663. The number of ketones is 1. The molecule has 0 N–H and O–H groups in total. The fourth-order valence-corrected chi connectivity index (χ4v) is 1.98. The Balaban J connectivity index is 2.15. The maximum Gasteiger partial charge on any atom is 0.410 e. The lowest BCUT2D eigenvalue weighted by molar-refractivity contribution is 0.0228. The molecule has 0 bridgehead atoms. The summed E-state index contributed by atoms with van der Waals surface area (Å²) >= 11 is 0. The molecule has 0 aliphatic rings. The second-order valence-electron chi connectivity index (χ2n) is 6.28. The van der Waals surface area contributed by atoms with Crippen molar-refractivity contribution in [1.82, 2.24) is 4.90 Å². The molecule has 0 aliphatic carbocycles. The molecule has 2 aromatic rings. The summed E-state index contributed by atoms with van der Waals surface area (Å²) in [5.74, 6) is -0.0198. The van der Waals surface area contributed by atoms with Crippen molar-refractivity contribution in [3.63, 3.8) is 0 Å². The summed E-state index contributed by atoms with van der Waals surface area (Å²) in [6.45, 7) is 7.00. The molecule has 2 rings (SSSR count). The first kappa shape index (κ1) is 16.1. The molecule has 0 saturated heterocycles. The minimum atomic E-state index is -0.671. The van der Waals surface area contributed by atoms with Gasteiger partial charge in [-0.25, -0.2) is 4.79 Å². The van der Waals surface area contributed by atoms with Crippen LogP contribution in [-0.4, -0.2) is 35.5 Å². The summed E-state index contributed by atoms with van der Waals surface area (Å²) in [4.78, 5) is 25.8. The number of hydrogen-bond acceptors (Lipinski definition) is 4. The van der Waals surface area contributed by atoms with Gasteiger partial charge in [-0.1, -0.05) is 18.2 Å². The molecule has 1 atom stereocenters. The fourth-order valence-electron chi connectivity index (χ4n) is 1.98. The van der Waals surface area contributed by atoms with Gasteiger partial charge in [-0.05, 0) is 39.8 Å². The third-order valence-corrected chi connectivity index (χ3v) is 3.31. The van der Waals surface area contributed by atoms with Crippen molar-refractivity contribution in [3.8, 4) is 0 Å². The molecule has 0 spiro atoms. The SMILES string of the molecule is CC(C(=O)c1cc2ccccc2o1)N(C)C(=O)OC(C)(C)C. The van der Waals surface area contributed by atoms with E-state index in [1.807, 2.05) is 18.2 Å². The summed E-state index contributed by atoms with van der Waals surface area (Å²) in [7, 11) is 1.54. The van der Waals surface area contributed by atoms with E-state index in [9.17, 15) is 9.59 Å². The molecule has 1 heterocycles. The topological polar surface area (TPSA) is 59.8 Å². The van der Waals surface area contributed by atoms with Gasteiger partial charge < -0.3 is 14.1 Å². The molecule has 118 valence electrons. The van der Waals surface area contributed by atoms with Crippen molar-refractivity contribution in [2.75, 3.05) is 7.05 Å². The minimum absolute atomic E-state index is 0.240. The number of nitrogens with zero attached hydrogens (tertiary/aromatic N) is 1. The van der Waals surface area contributed by atoms with Crippen molar-refractivity contribution >= 4 is 22.8 Å². The van der Waals surface area contributed by atoms with Gasteiger partial charge in [-0.3, -0.25) is 4.79 Å². The zero-order valence-electron chi connectivity index (χ0n) is 13.5. The molecule has 0 aliphatic heterocycles. The van der Waals surface area contributed by atoms with Gasteiger partial charge in [-0.15, -0.1) is 0 Å². The van der Waals surface area contributed by atoms with Crippen LogP contribution in [0.1, 0.15) is 38.2 Å². The Morgan fingerprint density at radius 1 is 1.23 bits per heavy atom. The number of Topliss-reactive ketones (excluding diaryl/α,β-unsaturated/α-hetero) is 1. The first-order valence-corrected chi connectivity index (χ1v) is 7.17. The molecular weight excluding hydrogens is 282 g/mol. The number of carbonyl (C=O) groups is 2. The summed E-state index contributed by atoms with van der Waals surface area (Å²) in [6, 6.07) is 8.41. The van der Waals surface area contributed by atoms with Gasteiger partial charge >= 0.3 is 6.09 Å². The van der Waals surface area contributed by atoms with E-state index in [1.54, 1.807) is 46.9 Å². The van der Waals surface area contributed by atoms with E-state index in [2.05, 4.69) is 0 Å². The van der Waals surface area contributed by atoms with E-state index in [0.717, 1.165) is 5.39 Å². The number of para-hydroxylation sites is 1. The lowest BCUT2D eigenvalue weighted by atomic mass is 10.1. The minimum Gasteiger partial charge on any atom is -0.453 e. The number of hydrogen-bond donors (Lipinski definition) is 0. The summed E-state index contributed by atoms with van der Waals surface area (Å²) in [5, 5.41) is 0.859. The van der Waals surface area contributed by atoms with Crippen LogP contribution in [0.3, 0.4) is 0 Å². The van der Waals surface area contributed by atoms with Crippen molar-refractivity contribution < 1.29 is 18.7 Å². The van der Waals surface area contributed by atoms with Crippen LogP contribution in [0.5, 0.6) is 0 Å². The van der Waals surface area contributed by atoms with Gasteiger partial charge in [-0.2, -0.15) is 0 Å². The maximum atomic E-state index is 12.5. The van der Waals surface area contributed by atoms with E-state index < -0.39 is 17.7 Å². The molecule has 1 amide bonds. The number of carbonyl (C=O) groups excluding carboxylic acids is 2. The number of amides is 1. The number of likely N-dealkylation sites (N-methyl/N-ethyl adjacent to an activating group) is 1. The summed E-state index contributed by atoms with van der Waals surface area (Å²) < 4.78 is 10.8. The molecule has 0 saturated carbocycles. The second-order valence-corrected chi connectivity index (χ2v) is 6.28. The van der Waals surface area contributed by atoms with E-state index in [-0.39, 0.29) is 11.5 Å². The first-order valence-electron chi connectivity index (χ1n) is 7.17. The Morgan fingerprint density at radius 2 is 1.86 bits per heavy atom. The number of benzene rings is 1. The van der Waals surface area contributed by atoms with Crippen LogP contribution in [0, 0.1) is 0 Å². The Morgan fingerprint density at radius 3 is 2.45 bits per heavy atom. The first-order chi connectivity index (χ1) is 10.2. The fraction of sp³-hybridized carbons (Fsp3) is 0.412. The van der Waals surface area contributed by atoms with Gasteiger partial charge in [0.2, 0.25) is 5.78 Å². The average molecular weight is 303 g/mol. The van der Waals surface area contributed by atoms with E-state index in [1.165, 1.54) is 4.90 Å². The van der Waals surface area contributed by atoms with E-state index in [0.29, 0.717) is 5.58 Å². The zero-order valence-corrected chi connectivity index (χ0v) is 13.5. The van der Waals surface area contributed by atoms with Gasteiger partial charge in [0.15, 0.2) is 5.76 Å². The molecular formula is C17H21NO4. The van der Waals surface area contributed by atoms with E-state index in [4.69, 9.17) is 9.15 Å². The molecule has 22 heavy (non-hydrogen) atoms. The highest BCUT2D eigenvalue weighted by Gasteiger charge is 2.29. The van der Waals surface area contributed by atoms with Crippen molar-refractivity contribution in [2.24, 2.45) is 0 Å². The standard InChI is InChI=1S/C17H21NO4/c1-11(18(5)16(20)22-17(2,3)4)15(19)14-10-12-8-6-7-9-13(12)21-14/h6-11H,1-5H3. The Labute approximate surface area is 129 Å². The van der Waals surface area contributed by atoms with Crippen LogP contribution in [0.15, 0.2) is 34.7 Å². The Hall–Kier alpha value is -2.30. The number of fused-ring (bicyclic) bond motifs is 1. The van der Waals surface area contributed by atoms with Gasteiger partial charge in [0.1, 0.15) is 11.2 Å². The number of rotatable bonds is 3. The van der Waals surface area contributed by atoms with Gasteiger partial charge in [0.05, 0.1) is 6.04 Å². The zero-order chi connectivity index (χ0) is 16.5. The highest BCUT2D eigenvalue weighted by molar-refractivity contribution is 6.01. The predicted octanol–water partition coefficient (Wildman–Crippen LogP) is 3.87. The number of furan rings is 1. The smallest absolute Gasteiger partial charge is 0.410 e. The Kier molecular flexibility index (Phi) is 4.26. The highest BCUT2D eigenvalue weighted by Crippen LogP contribution is 2.21. The monoisotopic (exact) mass is 303 g/mol. The van der Waals surface area contributed by atoms with Crippen LogP contribution < -0.4 is 0 Å². The molecule has 1 aromatic carbocycles. The lowest BCUT2D eigenvalue weighted by Gasteiger charge is -2.27. The van der Waals surface area contributed by atoms with Crippen LogP contribution in [0.25, 0.3) is 11.0 Å². The third-order valence-electron chi connectivity index (χ3n) is 3.31. The summed E-state index contributed by atoms with van der Waals surface area (Å²) in [5.41, 5.74) is 0.0472. The van der Waals surface area contributed by atoms with Crippen molar-refractivity contribution in [3.05, 3.63) is 36.1 Å². The number of ether oxygens (including phenoxy) is 1. The predicted molar refractivity (Wildman–Crippen MR) is 84.0 cm³/mol. The third kappa shape index (κ3) is 3.47. The molecule has 5 nitrogen and oxygen atoms in total. The molecule has 0 radical (unpaired) electrons.